The van der Waals surface area contributed by atoms with Crippen LogP contribution in [-0.2, 0) is 11.2 Å². The van der Waals surface area contributed by atoms with Gasteiger partial charge in [-0.3, -0.25) is 4.79 Å². The molecule has 4 rings (SSSR count). The van der Waals surface area contributed by atoms with Crippen molar-refractivity contribution in [2.75, 3.05) is 5.32 Å². The first kappa shape index (κ1) is 14.1. The fourth-order valence-corrected chi connectivity index (χ4v) is 3.15. The van der Waals surface area contributed by atoms with Crippen molar-refractivity contribution in [3.05, 3.63) is 53.4 Å². The van der Waals surface area contributed by atoms with Crippen molar-refractivity contribution < 1.29 is 9.21 Å². The average molecular weight is 325 g/mol. The first-order valence-electron chi connectivity index (χ1n) is 7.53. The van der Waals surface area contributed by atoms with Gasteiger partial charge in [-0.2, -0.15) is 0 Å². The molecule has 0 aliphatic heterocycles. The number of oxazole rings is 1. The van der Waals surface area contributed by atoms with E-state index in [1.54, 1.807) is 0 Å². The maximum atomic E-state index is 12.1. The molecular weight excluding hydrogens is 310 g/mol. The summed E-state index contributed by atoms with van der Waals surface area (Å²) < 4.78 is 5.44. The van der Waals surface area contributed by atoms with Crippen molar-refractivity contribution >= 4 is 22.4 Å². The number of aromatic nitrogens is 2. The molecule has 23 heavy (non-hydrogen) atoms. The van der Waals surface area contributed by atoms with Crippen molar-refractivity contribution in [3.63, 3.8) is 0 Å². The number of nitrogens with one attached hydrogen (secondary N) is 1. The van der Waals surface area contributed by atoms with Crippen LogP contribution in [0.1, 0.15) is 30.1 Å². The normalized spacial score (nSPS) is 13.9. The standard InChI is InChI=1S/C17H15N3O2S/c21-15(20-17-19-14(10-23-17)11-6-7-11)8-13-9-22-16(18-13)12-4-2-1-3-5-12/h1-5,9-11H,6-8H2,(H,19,20,21). The summed E-state index contributed by atoms with van der Waals surface area (Å²) in [5, 5.41) is 5.51. The van der Waals surface area contributed by atoms with E-state index in [4.69, 9.17) is 4.42 Å². The van der Waals surface area contributed by atoms with Gasteiger partial charge in [0.15, 0.2) is 5.13 Å². The van der Waals surface area contributed by atoms with Crippen molar-refractivity contribution in [3.8, 4) is 11.5 Å². The van der Waals surface area contributed by atoms with Gasteiger partial charge >= 0.3 is 0 Å². The van der Waals surface area contributed by atoms with Gasteiger partial charge in [0.25, 0.3) is 0 Å². The average Bonchev–Trinajstić information content (AvgIpc) is 3.14. The minimum atomic E-state index is -0.130. The van der Waals surface area contributed by atoms with Crippen LogP contribution in [0.25, 0.3) is 11.5 Å². The van der Waals surface area contributed by atoms with Crippen molar-refractivity contribution in [2.45, 2.75) is 25.2 Å². The van der Waals surface area contributed by atoms with Crippen molar-refractivity contribution in [2.24, 2.45) is 0 Å². The highest BCUT2D eigenvalue weighted by Gasteiger charge is 2.26. The molecule has 2 aromatic heterocycles. The van der Waals surface area contributed by atoms with Crippen molar-refractivity contribution in [1.29, 1.82) is 0 Å². The number of anilines is 1. The molecule has 0 unspecified atom stereocenters. The van der Waals surface area contributed by atoms with Crippen LogP contribution in [0.3, 0.4) is 0 Å². The smallest absolute Gasteiger partial charge is 0.232 e. The SMILES string of the molecule is O=C(Cc1coc(-c2ccccc2)n1)Nc1nc(C2CC2)cs1. The molecule has 1 saturated carbocycles. The van der Waals surface area contributed by atoms with Gasteiger partial charge in [-0.25, -0.2) is 9.97 Å². The van der Waals surface area contributed by atoms with Crippen LogP contribution in [0.2, 0.25) is 0 Å². The number of nitrogens with zero attached hydrogens (tertiary/aromatic N) is 2. The predicted molar refractivity (Wildman–Crippen MR) is 88.4 cm³/mol. The number of hydrogen-bond acceptors (Lipinski definition) is 5. The lowest BCUT2D eigenvalue weighted by Crippen LogP contribution is -2.14. The summed E-state index contributed by atoms with van der Waals surface area (Å²) in [6, 6.07) is 9.62. The lowest BCUT2D eigenvalue weighted by Gasteiger charge is -1.98. The van der Waals surface area contributed by atoms with E-state index < -0.39 is 0 Å². The third-order valence-corrected chi connectivity index (χ3v) is 4.45. The van der Waals surface area contributed by atoms with Crippen molar-refractivity contribution in [1.82, 2.24) is 9.97 Å². The Morgan fingerprint density at radius 1 is 1.26 bits per heavy atom. The highest BCUT2D eigenvalue weighted by molar-refractivity contribution is 7.13. The minimum Gasteiger partial charge on any atom is -0.444 e. The molecule has 2 heterocycles. The Kier molecular flexibility index (Phi) is 3.67. The van der Waals surface area contributed by atoms with Crippen LogP contribution >= 0.6 is 11.3 Å². The summed E-state index contributed by atoms with van der Waals surface area (Å²) in [5.41, 5.74) is 2.60. The number of benzene rings is 1. The first-order valence-corrected chi connectivity index (χ1v) is 8.41. The molecule has 1 aliphatic carbocycles. The molecule has 0 atom stereocenters. The van der Waals surface area contributed by atoms with E-state index in [0.29, 0.717) is 22.6 Å². The zero-order valence-corrected chi connectivity index (χ0v) is 13.2. The Morgan fingerprint density at radius 3 is 2.87 bits per heavy atom. The van der Waals surface area contributed by atoms with Crippen LogP contribution in [0.4, 0.5) is 5.13 Å². The molecule has 0 spiro atoms. The van der Waals surface area contributed by atoms with E-state index in [9.17, 15) is 4.79 Å². The Labute approximate surface area is 137 Å². The molecule has 0 bridgehead atoms. The molecule has 1 N–H and O–H groups in total. The highest BCUT2D eigenvalue weighted by Crippen LogP contribution is 2.40. The van der Waals surface area contributed by atoms with Gasteiger partial charge in [0.05, 0.1) is 17.8 Å². The zero-order valence-electron chi connectivity index (χ0n) is 12.4. The third kappa shape index (κ3) is 3.32. The quantitative estimate of drug-likeness (QED) is 0.773. The number of amides is 1. The van der Waals surface area contributed by atoms with Gasteiger partial charge < -0.3 is 9.73 Å². The van der Waals surface area contributed by atoms with E-state index in [1.165, 1.54) is 30.4 Å². The largest absolute Gasteiger partial charge is 0.444 e. The number of carbonyl (C=O) groups is 1. The lowest BCUT2D eigenvalue weighted by atomic mass is 10.2. The van der Waals surface area contributed by atoms with E-state index in [0.717, 1.165) is 11.3 Å². The molecule has 1 aliphatic rings. The summed E-state index contributed by atoms with van der Waals surface area (Å²) >= 11 is 1.47. The summed E-state index contributed by atoms with van der Waals surface area (Å²) in [7, 11) is 0. The van der Waals surface area contributed by atoms with Gasteiger partial charge in [0.2, 0.25) is 11.8 Å². The molecule has 1 amide bonds. The lowest BCUT2D eigenvalue weighted by molar-refractivity contribution is -0.115. The maximum Gasteiger partial charge on any atom is 0.232 e. The van der Waals surface area contributed by atoms with Gasteiger partial charge in [0, 0.05) is 16.9 Å². The molecule has 116 valence electrons. The van der Waals surface area contributed by atoms with Gasteiger partial charge in [-0.15, -0.1) is 11.3 Å². The molecule has 1 aromatic carbocycles. The molecule has 0 radical (unpaired) electrons. The minimum absolute atomic E-state index is 0.130. The second-order valence-electron chi connectivity index (χ2n) is 5.59. The molecular formula is C17H15N3O2S. The Hall–Kier alpha value is -2.47. The van der Waals surface area contributed by atoms with Crippen LogP contribution in [0, 0.1) is 0 Å². The molecule has 6 heteroatoms. The number of rotatable bonds is 5. The predicted octanol–water partition coefficient (Wildman–Crippen LogP) is 3.86. The van der Waals surface area contributed by atoms with E-state index in [-0.39, 0.29) is 12.3 Å². The summed E-state index contributed by atoms with van der Waals surface area (Å²) in [6.07, 6.45) is 4.12. The van der Waals surface area contributed by atoms with Crippen LogP contribution < -0.4 is 5.32 Å². The fraction of sp³-hybridized carbons (Fsp3) is 0.235. The second-order valence-corrected chi connectivity index (χ2v) is 6.44. The topological polar surface area (TPSA) is 68.0 Å². The van der Waals surface area contributed by atoms with E-state index in [2.05, 4.69) is 15.3 Å². The Morgan fingerprint density at radius 2 is 2.09 bits per heavy atom. The number of thiazole rings is 1. The number of hydrogen-bond donors (Lipinski definition) is 1. The van der Waals surface area contributed by atoms with Crippen LogP contribution in [0.15, 0.2) is 46.4 Å². The van der Waals surface area contributed by atoms with Crippen LogP contribution in [0.5, 0.6) is 0 Å². The maximum absolute atomic E-state index is 12.1. The van der Waals surface area contributed by atoms with E-state index in [1.807, 2.05) is 35.7 Å². The molecule has 1 fully saturated rings. The van der Waals surface area contributed by atoms with Gasteiger partial charge in [-0.05, 0) is 25.0 Å². The highest BCUT2D eigenvalue weighted by atomic mass is 32.1. The van der Waals surface area contributed by atoms with Crippen LogP contribution in [-0.4, -0.2) is 15.9 Å². The fourth-order valence-electron chi connectivity index (χ4n) is 2.34. The first-order chi connectivity index (χ1) is 11.3. The molecule has 0 saturated heterocycles. The summed E-state index contributed by atoms with van der Waals surface area (Å²) in [4.78, 5) is 20.9. The monoisotopic (exact) mass is 325 g/mol. The van der Waals surface area contributed by atoms with E-state index >= 15 is 0 Å². The molecule has 3 aromatic rings. The third-order valence-electron chi connectivity index (χ3n) is 3.68. The zero-order chi connectivity index (χ0) is 15.6. The Bertz CT molecular complexity index is 821. The second kappa shape index (κ2) is 5.96. The van der Waals surface area contributed by atoms with Gasteiger partial charge in [0.1, 0.15) is 6.26 Å². The summed E-state index contributed by atoms with van der Waals surface area (Å²) in [5.74, 6) is 0.995. The van der Waals surface area contributed by atoms with Gasteiger partial charge in [-0.1, -0.05) is 18.2 Å². The molecule has 5 nitrogen and oxygen atoms in total. The summed E-state index contributed by atoms with van der Waals surface area (Å²) in [6.45, 7) is 0. The number of carbonyl (C=O) groups excluding carboxylic acids is 1. The Balaban J connectivity index is 1.39.